The zero-order valence-corrected chi connectivity index (χ0v) is 8.21. The average molecular weight is 187 g/mol. The maximum absolute atomic E-state index is 10.6. The average Bonchev–Trinajstić information content (AvgIpc) is 2.27. The van der Waals surface area contributed by atoms with Gasteiger partial charge in [-0.15, -0.1) is 0 Å². The van der Waals surface area contributed by atoms with Crippen molar-refractivity contribution in [2.45, 2.75) is 13.3 Å². The van der Waals surface area contributed by atoms with Crippen LogP contribution in [0.5, 0.6) is 0 Å². The van der Waals surface area contributed by atoms with Crippen LogP contribution < -0.4 is 5.32 Å². The molecule has 0 amide bonds. The summed E-state index contributed by atoms with van der Waals surface area (Å²) in [4.78, 5) is 10.6. The van der Waals surface area contributed by atoms with Gasteiger partial charge in [-0.1, -0.05) is 25.1 Å². The Kier molecular flexibility index (Phi) is 2.35. The number of hydrogen-bond donors (Lipinski definition) is 1. The van der Waals surface area contributed by atoms with E-state index >= 15 is 0 Å². The first-order chi connectivity index (χ1) is 6.85. The molecule has 0 unspecified atom stereocenters. The van der Waals surface area contributed by atoms with E-state index in [1.165, 1.54) is 11.3 Å². The predicted octanol–water partition coefficient (Wildman–Crippen LogP) is 2.26. The minimum absolute atomic E-state index is 0.646. The number of rotatable bonds is 2. The number of anilines is 1. The molecule has 1 aliphatic rings. The van der Waals surface area contributed by atoms with Gasteiger partial charge in [-0.25, -0.2) is 0 Å². The van der Waals surface area contributed by atoms with Crippen molar-refractivity contribution in [2.24, 2.45) is 0 Å². The highest BCUT2D eigenvalue weighted by molar-refractivity contribution is 5.88. The number of hydrogen-bond acceptors (Lipinski definition) is 2. The van der Waals surface area contributed by atoms with Gasteiger partial charge in [0.2, 0.25) is 0 Å². The lowest BCUT2D eigenvalue weighted by molar-refractivity contribution is -0.104. The summed E-state index contributed by atoms with van der Waals surface area (Å²) >= 11 is 0. The highest BCUT2D eigenvalue weighted by atomic mass is 16.1. The van der Waals surface area contributed by atoms with E-state index in [-0.39, 0.29) is 0 Å². The second kappa shape index (κ2) is 3.66. The van der Waals surface area contributed by atoms with Gasteiger partial charge in [0, 0.05) is 17.8 Å². The summed E-state index contributed by atoms with van der Waals surface area (Å²) < 4.78 is 0. The number of fused-ring (bicyclic) bond motifs is 1. The molecule has 0 atom stereocenters. The van der Waals surface area contributed by atoms with Crippen molar-refractivity contribution in [1.29, 1.82) is 0 Å². The number of aryl methyl sites for hydroxylation is 1. The highest BCUT2D eigenvalue weighted by Gasteiger charge is 2.11. The number of carbonyl (C=O) groups excluding carboxylic acids is 1. The van der Waals surface area contributed by atoms with Crippen LogP contribution in [-0.2, 0) is 11.2 Å². The van der Waals surface area contributed by atoms with Crippen LogP contribution >= 0.6 is 0 Å². The third-order valence-electron chi connectivity index (χ3n) is 2.53. The van der Waals surface area contributed by atoms with Gasteiger partial charge in [-0.05, 0) is 23.6 Å². The summed E-state index contributed by atoms with van der Waals surface area (Å²) in [6, 6.07) is 6.18. The van der Waals surface area contributed by atoms with Crippen LogP contribution in [0.25, 0.3) is 6.08 Å². The minimum atomic E-state index is 0.646. The summed E-state index contributed by atoms with van der Waals surface area (Å²) in [7, 11) is 0. The van der Waals surface area contributed by atoms with Crippen LogP contribution in [0.1, 0.15) is 18.1 Å². The third kappa shape index (κ3) is 1.43. The zero-order valence-electron chi connectivity index (χ0n) is 8.21. The topological polar surface area (TPSA) is 29.1 Å². The molecule has 0 fully saturated rings. The first kappa shape index (κ1) is 9.00. The monoisotopic (exact) mass is 187 g/mol. The molecule has 2 rings (SSSR count). The largest absolute Gasteiger partial charge is 0.380 e. The van der Waals surface area contributed by atoms with Gasteiger partial charge >= 0.3 is 0 Å². The van der Waals surface area contributed by atoms with Gasteiger partial charge in [-0.3, -0.25) is 4.79 Å². The molecule has 0 radical (unpaired) electrons. The Bertz CT molecular complexity index is 393. The van der Waals surface area contributed by atoms with E-state index in [4.69, 9.17) is 0 Å². The Labute approximate surface area is 83.6 Å². The smallest absolute Gasteiger partial charge is 0.147 e. The predicted molar refractivity (Wildman–Crippen MR) is 58.4 cm³/mol. The van der Waals surface area contributed by atoms with Gasteiger partial charge < -0.3 is 5.32 Å². The van der Waals surface area contributed by atoms with Crippen molar-refractivity contribution in [1.82, 2.24) is 0 Å². The van der Waals surface area contributed by atoms with E-state index in [0.717, 1.165) is 23.8 Å². The molecule has 2 nitrogen and oxygen atoms in total. The van der Waals surface area contributed by atoms with Crippen molar-refractivity contribution >= 4 is 18.0 Å². The molecule has 0 aromatic heterocycles. The fourth-order valence-corrected chi connectivity index (χ4v) is 1.77. The Morgan fingerprint density at radius 2 is 2.36 bits per heavy atom. The molecule has 14 heavy (non-hydrogen) atoms. The van der Waals surface area contributed by atoms with E-state index in [1.807, 2.05) is 18.2 Å². The van der Waals surface area contributed by atoms with Gasteiger partial charge in [0.1, 0.15) is 6.29 Å². The van der Waals surface area contributed by atoms with Crippen molar-refractivity contribution in [2.75, 3.05) is 11.9 Å². The normalized spacial score (nSPS) is 13.9. The standard InChI is InChI=1S/C12H13NO/c1-2-10-4-3-5-11-6-9(8-14)7-13-12(10)11/h3-6,8,13H,2,7H2,1H3. The van der Waals surface area contributed by atoms with Crippen molar-refractivity contribution in [3.63, 3.8) is 0 Å². The fraction of sp³-hybridized carbons (Fsp3) is 0.250. The quantitative estimate of drug-likeness (QED) is 0.719. The van der Waals surface area contributed by atoms with Crippen LogP contribution in [0.15, 0.2) is 23.8 Å². The van der Waals surface area contributed by atoms with Crippen LogP contribution in [0.2, 0.25) is 0 Å². The van der Waals surface area contributed by atoms with Crippen molar-refractivity contribution in [3.05, 3.63) is 34.9 Å². The Morgan fingerprint density at radius 3 is 3.07 bits per heavy atom. The summed E-state index contributed by atoms with van der Waals surface area (Å²) in [6.07, 6.45) is 3.88. The van der Waals surface area contributed by atoms with Crippen LogP contribution in [0.4, 0.5) is 5.69 Å². The molecule has 0 saturated heterocycles. The summed E-state index contributed by atoms with van der Waals surface area (Å²) in [6.45, 7) is 2.78. The van der Waals surface area contributed by atoms with Gasteiger partial charge in [0.25, 0.3) is 0 Å². The SMILES string of the molecule is CCc1cccc2c1NCC(C=O)=C2. The molecule has 1 N–H and O–H groups in total. The number of para-hydroxylation sites is 1. The van der Waals surface area contributed by atoms with E-state index in [2.05, 4.69) is 18.3 Å². The van der Waals surface area contributed by atoms with Gasteiger partial charge in [0.05, 0.1) is 0 Å². The maximum Gasteiger partial charge on any atom is 0.147 e. The molecule has 2 heteroatoms. The Morgan fingerprint density at radius 1 is 1.50 bits per heavy atom. The molecule has 0 aliphatic carbocycles. The molecular weight excluding hydrogens is 174 g/mol. The zero-order chi connectivity index (χ0) is 9.97. The maximum atomic E-state index is 10.6. The molecule has 1 aromatic carbocycles. The molecule has 0 saturated carbocycles. The molecule has 1 heterocycles. The number of benzene rings is 1. The lowest BCUT2D eigenvalue weighted by Crippen LogP contribution is -2.12. The second-order valence-electron chi connectivity index (χ2n) is 3.43. The number of carbonyl (C=O) groups is 1. The van der Waals surface area contributed by atoms with E-state index < -0.39 is 0 Å². The van der Waals surface area contributed by atoms with Crippen molar-refractivity contribution in [3.8, 4) is 0 Å². The first-order valence-corrected chi connectivity index (χ1v) is 4.86. The minimum Gasteiger partial charge on any atom is -0.380 e. The van der Waals surface area contributed by atoms with Crippen LogP contribution in [0.3, 0.4) is 0 Å². The Balaban J connectivity index is 2.50. The lowest BCUT2D eigenvalue weighted by atomic mass is 10.00. The first-order valence-electron chi connectivity index (χ1n) is 4.86. The molecular formula is C12H13NO. The Hall–Kier alpha value is -1.57. The van der Waals surface area contributed by atoms with E-state index in [9.17, 15) is 4.79 Å². The summed E-state index contributed by atoms with van der Waals surface area (Å²) in [5.41, 5.74) is 4.42. The summed E-state index contributed by atoms with van der Waals surface area (Å²) in [5, 5.41) is 3.28. The van der Waals surface area contributed by atoms with Crippen LogP contribution in [-0.4, -0.2) is 12.8 Å². The van der Waals surface area contributed by atoms with Gasteiger partial charge in [0.15, 0.2) is 0 Å². The number of nitrogens with one attached hydrogen (secondary N) is 1. The highest BCUT2D eigenvalue weighted by Crippen LogP contribution is 2.27. The molecule has 0 bridgehead atoms. The molecule has 1 aromatic rings. The molecule has 0 spiro atoms. The second-order valence-corrected chi connectivity index (χ2v) is 3.43. The summed E-state index contributed by atoms with van der Waals surface area (Å²) in [5.74, 6) is 0. The van der Waals surface area contributed by atoms with E-state index in [1.54, 1.807) is 0 Å². The van der Waals surface area contributed by atoms with E-state index in [0.29, 0.717) is 6.54 Å². The number of aldehydes is 1. The van der Waals surface area contributed by atoms with Crippen molar-refractivity contribution < 1.29 is 4.79 Å². The molecule has 72 valence electrons. The van der Waals surface area contributed by atoms with Gasteiger partial charge in [-0.2, -0.15) is 0 Å². The molecule has 1 aliphatic heterocycles. The fourth-order valence-electron chi connectivity index (χ4n) is 1.77. The van der Waals surface area contributed by atoms with Crippen LogP contribution in [0, 0.1) is 0 Å². The third-order valence-corrected chi connectivity index (χ3v) is 2.53. The lowest BCUT2D eigenvalue weighted by Gasteiger charge is -2.18.